The summed E-state index contributed by atoms with van der Waals surface area (Å²) in [5, 5.41) is 1.03. The highest BCUT2D eigenvalue weighted by molar-refractivity contribution is 5.94. The molecule has 1 aromatic rings. The Labute approximate surface area is 88.7 Å². The van der Waals surface area contributed by atoms with Crippen molar-refractivity contribution in [3.05, 3.63) is 35.6 Å². The van der Waals surface area contributed by atoms with E-state index in [1.54, 1.807) is 26.8 Å². The lowest BCUT2D eigenvalue weighted by atomic mass is 10.1. The molecule has 15 heavy (non-hydrogen) atoms. The summed E-state index contributed by atoms with van der Waals surface area (Å²) < 4.78 is 13.3. The molecule has 0 saturated heterocycles. The summed E-state index contributed by atoms with van der Waals surface area (Å²) in [4.78, 5) is 11.8. The molecule has 0 radical (unpaired) electrons. The molecule has 0 spiro atoms. The molecule has 2 N–H and O–H groups in total. The van der Waals surface area contributed by atoms with E-state index < -0.39 is 17.3 Å². The van der Waals surface area contributed by atoms with Crippen molar-refractivity contribution >= 4 is 5.91 Å². The molecule has 1 amide bonds. The van der Waals surface area contributed by atoms with Crippen LogP contribution in [0.4, 0.5) is 4.39 Å². The van der Waals surface area contributed by atoms with Gasteiger partial charge in [0.15, 0.2) is 0 Å². The molecular formula is C11H15FN2O. The Morgan fingerprint density at radius 1 is 1.33 bits per heavy atom. The van der Waals surface area contributed by atoms with Crippen LogP contribution in [0.15, 0.2) is 24.3 Å². The molecule has 0 aliphatic carbocycles. The van der Waals surface area contributed by atoms with Crippen LogP contribution >= 0.6 is 0 Å². The van der Waals surface area contributed by atoms with E-state index in [1.165, 1.54) is 18.2 Å². The number of nitrogens with two attached hydrogens (primary N) is 1. The third-order valence-electron chi connectivity index (χ3n) is 2.05. The van der Waals surface area contributed by atoms with Gasteiger partial charge in [0.2, 0.25) is 0 Å². The lowest BCUT2D eigenvalue weighted by Crippen LogP contribution is -2.50. The van der Waals surface area contributed by atoms with E-state index >= 15 is 0 Å². The van der Waals surface area contributed by atoms with E-state index in [0.29, 0.717) is 0 Å². The number of nitrogens with zero attached hydrogens (tertiary/aromatic N) is 1. The van der Waals surface area contributed by atoms with Crippen LogP contribution in [0.1, 0.15) is 31.1 Å². The average molecular weight is 210 g/mol. The van der Waals surface area contributed by atoms with Crippen molar-refractivity contribution in [2.75, 3.05) is 0 Å². The van der Waals surface area contributed by atoms with Crippen LogP contribution in [0.3, 0.4) is 0 Å². The number of benzene rings is 1. The summed E-state index contributed by atoms with van der Waals surface area (Å²) in [6.07, 6.45) is 0. The van der Waals surface area contributed by atoms with Crippen molar-refractivity contribution in [3.63, 3.8) is 0 Å². The maximum absolute atomic E-state index is 13.3. The van der Waals surface area contributed by atoms with Gasteiger partial charge in [-0.3, -0.25) is 9.80 Å². The zero-order chi connectivity index (χ0) is 11.6. The third-order valence-corrected chi connectivity index (χ3v) is 2.05. The SMILES string of the molecule is CC(C)(C)N(N)C(=O)c1ccccc1F. The van der Waals surface area contributed by atoms with Crippen LogP contribution in [0, 0.1) is 5.82 Å². The highest BCUT2D eigenvalue weighted by Crippen LogP contribution is 2.14. The third kappa shape index (κ3) is 2.53. The maximum atomic E-state index is 13.3. The number of carbonyl (C=O) groups excluding carboxylic acids is 1. The lowest BCUT2D eigenvalue weighted by Gasteiger charge is -2.31. The Balaban J connectivity index is 3.01. The molecule has 3 nitrogen and oxygen atoms in total. The first kappa shape index (κ1) is 11.7. The van der Waals surface area contributed by atoms with Crippen molar-refractivity contribution in [2.45, 2.75) is 26.3 Å². The largest absolute Gasteiger partial charge is 0.271 e. The van der Waals surface area contributed by atoms with E-state index in [-0.39, 0.29) is 5.56 Å². The average Bonchev–Trinajstić information content (AvgIpc) is 2.15. The van der Waals surface area contributed by atoms with Gasteiger partial charge < -0.3 is 0 Å². The fourth-order valence-corrected chi connectivity index (χ4v) is 1.07. The number of rotatable bonds is 1. The Hall–Kier alpha value is -1.42. The Bertz CT molecular complexity index is 371. The number of hydrazine groups is 1. The molecule has 4 heteroatoms. The fraction of sp³-hybridized carbons (Fsp3) is 0.364. The van der Waals surface area contributed by atoms with Crippen molar-refractivity contribution in [2.24, 2.45) is 5.84 Å². The summed E-state index contributed by atoms with van der Waals surface area (Å²) in [6.45, 7) is 5.35. The zero-order valence-corrected chi connectivity index (χ0v) is 9.12. The molecule has 0 aliphatic heterocycles. The van der Waals surface area contributed by atoms with Crippen LogP contribution in [0.25, 0.3) is 0 Å². The molecule has 0 saturated carbocycles. The molecule has 0 unspecified atom stereocenters. The normalized spacial score (nSPS) is 11.3. The number of carbonyl (C=O) groups is 1. The summed E-state index contributed by atoms with van der Waals surface area (Å²) in [7, 11) is 0. The van der Waals surface area contributed by atoms with Crippen molar-refractivity contribution < 1.29 is 9.18 Å². The first-order valence-electron chi connectivity index (χ1n) is 4.68. The molecule has 0 bridgehead atoms. The molecule has 0 fully saturated rings. The maximum Gasteiger partial charge on any atom is 0.271 e. The summed E-state index contributed by atoms with van der Waals surface area (Å²) >= 11 is 0. The standard InChI is InChI=1S/C11H15FN2O/c1-11(2,3)14(13)10(15)8-6-4-5-7-9(8)12/h4-7H,13H2,1-3H3. The molecule has 0 aromatic heterocycles. The number of hydrogen-bond acceptors (Lipinski definition) is 2. The lowest BCUT2D eigenvalue weighted by molar-refractivity contribution is 0.0577. The van der Waals surface area contributed by atoms with Gasteiger partial charge in [0.05, 0.1) is 11.1 Å². The molecule has 82 valence electrons. The molecular weight excluding hydrogens is 195 g/mol. The van der Waals surface area contributed by atoms with Gasteiger partial charge >= 0.3 is 0 Å². The van der Waals surface area contributed by atoms with E-state index in [1.807, 2.05) is 0 Å². The summed E-state index contributed by atoms with van der Waals surface area (Å²) in [5.41, 5.74) is -0.533. The minimum absolute atomic E-state index is 0.00470. The van der Waals surface area contributed by atoms with Crippen LogP contribution in [-0.2, 0) is 0 Å². The number of amides is 1. The van der Waals surface area contributed by atoms with E-state index in [4.69, 9.17) is 5.84 Å². The Morgan fingerprint density at radius 3 is 2.33 bits per heavy atom. The van der Waals surface area contributed by atoms with E-state index in [2.05, 4.69) is 0 Å². The zero-order valence-electron chi connectivity index (χ0n) is 9.12. The van der Waals surface area contributed by atoms with Gasteiger partial charge in [-0.15, -0.1) is 0 Å². The van der Waals surface area contributed by atoms with E-state index in [0.717, 1.165) is 5.01 Å². The van der Waals surface area contributed by atoms with Crippen LogP contribution in [-0.4, -0.2) is 16.5 Å². The predicted octanol–water partition coefficient (Wildman–Crippen LogP) is 1.94. The van der Waals surface area contributed by atoms with Gasteiger partial charge in [0.1, 0.15) is 5.82 Å². The van der Waals surface area contributed by atoms with E-state index in [9.17, 15) is 9.18 Å². The van der Waals surface area contributed by atoms with Gasteiger partial charge in [-0.2, -0.15) is 0 Å². The molecule has 0 aliphatic rings. The smallest absolute Gasteiger partial charge is 0.271 e. The second kappa shape index (κ2) is 3.98. The van der Waals surface area contributed by atoms with Gasteiger partial charge in [-0.1, -0.05) is 12.1 Å². The summed E-state index contributed by atoms with van der Waals surface area (Å²) in [6, 6.07) is 5.80. The van der Waals surface area contributed by atoms with Gasteiger partial charge in [-0.25, -0.2) is 10.2 Å². The topological polar surface area (TPSA) is 46.3 Å². The predicted molar refractivity (Wildman–Crippen MR) is 56.5 cm³/mol. The van der Waals surface area contributed by atoms with Crippen LogP contribution in [0.5, 0.6) is 0 Å². The monoisotopic (exact) mass is 210 g/mol. The summed E-state index contributed by atoms with van der Waals surface area (Å²) in [5.74, 6) is 4.55. The Morgan fingerprint density at radius 2 is 1.87 bits per heavy atom. The van der Waals surface area contributed by atoms with Crippen molar-refractivity contribution in [1.82, 2.24) is 5.01 Å². The van der Waals surface area contributed by atoms with Gasteiger partial charge in [-0.05, 0) is 32.9 Å². The van der Waals surface area contributed by atoms with Crippen LogP contribution in [0.2, 0.25) is 0 Å². The second-order valence-electron chi connectivity index (χ2n) is 4.33. The first-order valence-corrected chi connectivity index (χ1v) is 4.68. The van der Waals surface area contributed by atoms with Crippen LogP contribution < -0.4 is 5.84 Å². The molecule has 0 heterocycles. The highest BCUT2D eigenvalue weighted by Gasteiger charge is 2.25. The molecule has 1 rings (SSSR count). The van der Waals surface area contributed by atoms with Crippen molar-refractivity contribution in [3.8, 4) is 0 Å². The molecule has 1 aromatic carbocycles. The number of hydrogen-bond donors (Lipinski definition) is 1. The molecule has 0 atom stereocenters. The highest BCUT2D eigenvalue weighted by atomic mass is 19.1. The first-order chi connectivity index (χ1) is 6.84. The Kier molecular flexibility index (Phi) is 3.09. The second-order valence-corrected chi connectivity index (χ2v) is 4.33. The minimum Gasteiger partial charge on any atom is -0.271 e. The van der Waals surface area contributed by atoms with Gasteiger partial charge in [0, 0.05) is 0 Å². The van der Waals surface area contributed by atoms with Gasteiger partial charge in [0.25, 0.3) is 5.91 Å². The fourth-order valence-electron chi connectivity index (χ4n) is 1.07. The minimum atomic E-state index is -0.554. The van der Waals surface area contributed by atoms with Crippen molar-refractivity contribution in [1.29, 1.82) is 0 Å². The quantitative estimate of drug-likeness (QED) is 0.437. The number of halogens is 1.